The molecule has 34 heteroatoms. The van der Waals surface area contributed by atoms with E-state index in [-0.39, 0.29) is 6.42 Å². The van der Waals surface area contributed by atoms with Crippen LogP contribution in [0.15, 0.2) is 12.2 Å². The summed E-state index contributed by atoms with van der Waals surface area (Å²) < 4.78 is 4.76. The Morgan fingerprint density at radius 2 is 0.989 bits per heavy atom. The van der Waals surface area contributed by atoms with Gasteiger partial charge in [0.2, 0.25) is 29.5 Å². The Hall–Kier alpha value is -8.15. The Bertz CT molecular complexity index is 2670. The molecule has 1 heterocycles. The summed E-state index contributed by atoms with van der Waals surface area (Å²) in [6.45, 7) is 6.33. The van der Waals surface area contributed by atoms with Gasteiger partial charge in [-0.3, -0.25) is 76.7 Å². The highest BCUT2D eigenvalue weighted by Gasteiger charge is 2.43. The lowest BCUT2D eigenvalue weighted by atomic mass is 9.97. The minimum absolute atomic E-state index is 0.142. The van der Waals surface area contributed by atoms with Crippen molar-refractivity contribution < 1.29 is 96.5 Å². The maximum absolute atomic E-state index is 15.3. The lowest BCUT2D eigenvalue weighted by Crippen LogP contribution is -2.63. The second-order valence-corrected chi connectivity index (χ2v) is 21.5. The van der Waals surface area contributed by atoms with E-state index in [0.29, 0.717) is 0 Å². The highest BCUT2D eigenvalue weighted by molar-refractivity contribution is 6.13. The van der Waals surface area contributed by atoms with E-state index in [1.54, 1.807) is 0 Å². The number of ketones is 7. The maximum atomic E-state index is 15.3. The number of allylic oxidation sites excluding steroid dienone is 1. The molecule has 1 aliphatic rings. The summed E-state index contributed by atoms with van der Waals surface area (Å²) in [5.74, 6) is -19.5. The molecule has 1 aliphatic heterocycles. The molecule has 0 radical (unpaired) electrons. The van der Waals surface area contributed by atoms with Crippen LogP contribution in [0.2, 0.25) is 0 Å². The Kier molecular flexibility index (Phi) is 35.3. The van der Waals surface area contributed by atoms with Crippen LogP contribution < -0.4 is 70.0 Å². The third-order valence-electron chi connectivity index (χ3n) is 15.0. The van der Waals surface area contributed by atoms with Crippen LogP contribution in [-0.2, 0) is 86.2 Å². The van der Waals surface area contributed by atoms with Crippen molar-refractivity contribution in [2.24, 2.45) is 11.5 Å². The molecule has 0 aromatic carbocycles. The molecule has 17 N–H and O–H groups in total. The second-order valence-electron chi connectivity index (χ2n) is 21.5. The van der Waals surface area contributed by atoms with Crippen LogP contribution in [0.3, 0.4) is 0 Å². The Balaban J connectivity index is 4.33. The van der Waals surface area contributed by atoms with E-state index in [4.69, 9.17) is 16.2 Å². The molecule has 504 valence electrons. The third kappa shape index (κ3) is 26.1. The number of carboxylic acid groups (broad SMARTS) is 2. The van der Waals surface area contributed by atoms with Crippen LogP contribution >= 0.6 is 0 Å². The highest BCUT2D eigenvalue weighted by atomic mass is 16.5. The molecular formula is C56H90N14O20. The number of nitrogens with one attached hydrogen (secondary N) is 11. The standard InChI is InChI=1S/C56H90N14O20/c1-26(59-6)38(71)21-33(50(83)64-34(22-39(72)27(2)60-7)51(84)69-47(49(82)32(58)17-19-45(79)80)54(87)67-36(56(89)90-11)24-41(74)29(4)62-9)65-52(85)37(25-42(75)30(5)63-10)70-20-14-12-13-15-43(76)68-46(48(81)31(57)16-18-44(77)78)53(86)66-35(55(70)88)23-40(73)28(3)61-8/h12,14,26-37,46-47,59-63H,13,15-25,57-58H2,1-11H3,(H,64,83)(H,65,85)(H,66,86)(H,67,87)(H,68,76)(H,69,84)(H,77,78)(H,79,80)/b14-12+/t26-,27-,28-,29-,30-,31-,32-,33?,34?,35?,36?,37?,46?,47?/m0/s1. The van der Waals surface area contributed by atoms with Gasteiger partial charge in [-0.25, -0.2) is 4.79 Å². The minimum Gasteiger partial charge on any atom is -0.481 e. The number of methoxy groups -OCH3 is 1. The molecular weight excluding hydrogens is 1190 g/mol. The van der Waals surface area contributed by atoms with Gasteiger partial charge in [0.15, 0.2) is 52.6 Å². The first-order chi connectivity index (χ1) is 42.1. The van der Waals surface area contributed by atoms with Crippen molar-refractivity contribution in [2.75, 3.05) is 48.9 Å². The van der Waals surface area contributed by atoms with Gasteiger partial charge in [-0.2, -0.15) is 0 Å². The molecule has 0 aromatic heterocycles. The molecule has 1 rings (SSSR count). The van der Waals surface area contributed by atoms with E-state index in [2.05, 4.69) is 58.5 Å². The van der Waals surface area contributed by atoms with Gasteiger partial charge in [0.05, 0.1) is 49.4 Å². The van der Waals surface area contributed by atoms with E-state index in [1.807, 2.05) is 0 Å². The van der Waals surface area contributed by atoms with Gasteiger partial charge in [-0.1, -0.05) is 12.2 Å². The molecule has 0 bridgehead atoms. The number of ether oxygens (including phenoxy) is 1. The van der Waals surface area contributed by atoms with E-state index in [0.717, 1.165) is 12.0 Å². The molecule has 0 saturated carbocycles. The first kappa shape index (κ1) is 79.9. The summed E-state index contributed by atoms with van der Waals surface area (Å²) in [5, 5.41) is 45.4. The van der Waals surface area contributed by atoms with Gasteiger partial charge in [-0.05, 0) is 89.1 Å². The third-order valence-corrected chi connectivity index (χ3v) is 15.0. The highest BCUT2D eigenvalue weighted by Crippen LogP contribution is 2.17. The number of nitrogens with zero attached hydrogens (tertiary/aromatic N) is 1. The number of aliphatic carboxylic acids is 2. The van der Waals surface area contributed by atoms with Gasteiger partial charge in [0.25, 0.3) is 11.8 Å². The molecule has 0 aliphatic carbocycles. The summed E-state index contributed by atoms with van der Waals surface area (Å²) in [6, 6.07) is -23.3. The predicted octanol–water partition coefficient (Wildman–Crippen LogP) is -7.03. The van der Waals surface area contributed by atoms with E-state index in [9.17, 15) is 82.1 Å². The van der Waals surface area contributed by atoms with Crippen molar-refractivity contribution >= 4 is 99.7 Å². The van der Waals surface area contributed by atoms with Crippen molar-refractivity contribution in [3.63, 3.8) is 0 Å². The van der Waals surface area contributed by atoms with Gasteiger partial charge in [0.1, 0.15) is 30.2 Å². The van der Waals surface area contributed by atoms with Gasteiger partial charge >= 0.3 is 17.9 Å². The maximum Gasteiger partial charge on any atom is 0.328 e. The molecule has 0 saturated heterocycles. The summed E-state index contributed by atoms with van der Waals surface area (Å²) in [5.41, 5.74) is 12.0. The zero-order valence-electron chi connectivity index (χ0n) is 52.6. The van der Waals surface area contributed by atoms with Crippen molar-refractivity contribution in [3.05, 3.63) is 12.2 Å². The SMILES string of the molecule is CN[C@@H](C)C(=O)CC(NC(=O)C(CC(=O)[C@H](C)NC)NC(=O)C(CC(=O)[C@H](C)NC)N1C/C=C/CCC(=O)NC(C(=O)[C@@H](N)CCC(=O)O)C(=O)NC(CC(=O)[C@H](C)NC)C1=O)C(=O)NC(C(=O)NC(CC(=O)[C@H](C)NC)C(=O)OC)C(=O)[C@@H](N)CCC(=O)O. The number of amides is 7. The van der Waals surface area contributed by atoms with Gasteiger partial charge < -0.3 is 89.8 Å². The summed E-state index contributed by atoms with van der Waals surface area (Å²) in [4.78, 5) is 234. The van der Waals surface area contributed by atoms with Crippen molar-refractivity contribution in [1.29, 1.82) is 0 Å². The second kappa shape index (κ2) is 39.8. The monoisotopic (exact) mass is 1280 g/mol. The lowest BCUT2D eigenvalue weighted by molar-refractivity contribution is -0.148. The molecule has 0 spiro atoms. The first-order valence-corrected chi connectivity index (χ1v) is 29.0. The zero-order chi connectivity index (χ0) is 68.9. The molecule has 0 fully saturated rings. The number of esters is 1. The molecule has 0 aromatic rings. The smallest absolute Gasteiger partial charge is 0.328 e. The van der Waals surface area contributed by atoms with Crippen LogP contribution in [0.25, 0.3) is 0 Å². The van der Waals surface area contributed by atoms with Gasteiger partial charge in [-0.15, -0.1) is 0 Å². The van der Waals surface area contributed by atoms with Crippen LogP contribution in [0.4, 0.5) is 0 Å². The average molecular weight is 1280 g/mol. The Labute approximate surface area is 520 Å². The van der Waals surface area contributed by atoms with Crippen LogP contribution in [0.5, 0.6) is 0 Å². The number of carbonyl (C=O) groups is 17. The fraction of sp³-hybridized carbons (Fsp3) is 0.661. The molecule has 90 heavy (non-hydrogen) atoms. The minimum atomic E-state index is -2.46. The normalized spacial score (nSPS) is 19.0. The number of carboxylic acids is 2. The van der Waals surface area contributed by atoms with E-state index >= 15 is 9.59 Å². The zero-order valence-corrected chi connectivity index (χ0v) is 52.6. The Morgan fingerprint density at radius 1 is 0.567 bits per heavy atom. The fourth-order valence-electron chi connectivity index (χ4n) is 8.40. The molecule has 34 nitrogen and oxygen atoms in total. The predicted molar refractivity (Wildman–Crippen MR) is 318 cm³/mol. The van der Waals surface area contributed by atoms with Gasteiger partial charge in [0, 0.05) is 57.9 Å². The largest absolute Gasteiger partial charge is 0.481 e. The Morgan fingerprint density at radius 3 is 1.46 bits per heavy atom. The van der Waals surface area contributed by atoms with Crippen molar-refractivity contribution in [3.8, 4) is 0 Å². The van der Waals surface area contributed by atoms with E-state index < -0.39 is 255 Å². The van der Waals surface area contributed by atoms with Crippen LogP contribution in [0.1, 0.15) is 105 Å². The number of carbonyl (C=O) groups excluding carboxylic acids is 15. The number of hydrogen-bond donors (Lipinski definition) is 15. The van der Waals surface area contributed by atoms with E-state index in [1.165, 1.54) is 82.0 Å². The van der Waals surface area contributed by atoms with Crippen molar-refractivity contribution in [2.45, 2.75) is 190 Å². The summed E-state index contributed by atoms with van der Waals surface area (Å²) in [6.07, 6.45) is -4.75. The quantitative estimate of drug-likeness (QED) is 0.0154. The summed E-state index contributed by atoms with van der Waals surface area (Å²) in [7, 11) is 7.88. The molecule has 7 unspecified atom stereocenters. The van der Waals surface area contributed by atoms with Crippen LogP contribution in [0, 0.1) is 0 Å². The number of nitrogens with two attached hydrogens (primary N) is 2. The molecule has 7 amide bonds. The lowest BCUT2D eigenvalue weighted by Gasteiger charge is -2.35. The van der Waals surface area contributed by atoms with Crippen LogP contribution in [-0.4, -0.2) is 248 Å². The van der Waals surface area contributed by atoms with Crippen molar-refractivity contribution in [1.82, 2.24) is 63.4 Å². The summed E-state index contributed by atoms with van der Waals surface area (Å²) >= 11 is 0. The number of Topliss-reactive ketones (excluding diaryl/α,β-unsaturated/α-hetero) is 7. The first-order valence-electron chi connectivity index (χ1n) is 29.0. The average Bonchev–Trinajstić information content (AvgIpc) is 1.06. The number of rotatable bonds is 40. The molecule has 14 atom stereocenters. The number of likely N-dealkylation sites (N-methyl/N-ethyl adjacent to an activating group) is 5. The number of hydrogen-bond acceptors (Lipinski definition) is 25. The topological polar surface area (TPSA) is 527 Å². The fourth-order valence-corrected chi connectivity index (χ4v) is 8.40.